The number of nitrogens with zero attached hydrogens (tertiary/aromatic N) is 3. The molecule has 0 spiro atoms. The lowest BCUT2D eigenvalue weighted by Gasteiger charge is -2.04. The van der Waals surface area contributed by atoms with Crippen molar-refractivity contribution in [1.29, 1.82) is 0 Å². The van der Waals surface area contributed by atoms with Crippen LogP contribution in [0.5, 0.6) is 0 Å². The van der Waals surface area contributed by atoms with Gasteiger partial charge in [-0.25, -0.2) is 4.79 Å². The average Bonchev–Trinajstić information content (AvgIpc) is 2.87. The molecule has 0 fully saturated rings. The third-order valence-corrected chi connectivity index (χ3v) is 2.86. The molecule has 2 rings (SSSR count). The van der Waals surface area contributed by atoms with Gasteiger partial charge >= 0.3 is 6.09 Å². The smallest absolute Gasteiger partial charge is 0.412 e. The minimum absolute atomic E-state index is 0.0168. The highest BCUT2D eigenvalue weighted by molar-refractivity contribution is 6.99. The molecule has 0 aliphatic rings. The van der Waals surface area contributed by atoms with E-state index in [9.17, 15) is 14.9 Å². The lowest BCUT2D eigenvalue weighted by atomic mass is 10.1. The maximum Gasteiger partial charge on any atom is 0.412 e. The minimum Gasteiger partial charge on any atom is -0.450 e. The Bertz CT molecular complexity index is 626. The lowest BCUT2D eigenvalue weighted by Crippen LogP contribution is -2.14. The standard InChI is InChI=1S/C11H10N4O4S/c1-2-19-11(16)12-10-9(13-20-14-10)7-3-5-8(6-4-7)15(17)18/h3-6H,2H2,1H3,(H,12,14,16). The zero-order valence-corrected chi connectivity index (χ0v) is 11.2. The van der Waals surface area contributed by atoms with Gasteiger partial charge in [0.05, 0.1) is 23.3 Å². The molecule has 8 nitrogen and oxygen atoms in total. The number of ether oxygens (including phenoxy) is 1. The number of carbonyl (C=O) groups excluding carboxylic acids is 1. The van der Waals surface area contributed by atoms with Crippen LogP contribution in [0.25, 0.3) is 11.3 Å². The van der Waals surface area contributed by atoms with Gasteiger partial charge in [-0.2, -0.15) is 8.75 Å². The van der Waals surface area contributed by atoms with Crippen molar-refractivity contribution in [2.75, 3.05) is 11.9 Å². The van der Waals surface area contributed by atoms with Crippen LogP contribution < -0.4 is 5.32 Å². The Morgan fingerprint density at radius 1 is 1.40 bits per heavy atom. The minimum atomic E-state index is -0.622. The van der Waals surface area contributed by atoms with Crippen molar-refractivity contribution in [3.8, 4) is 11.3 Å². The first-order chi connectivity index (χ1) is 9.61. The van der Waals surface area contributed by atoms with Gasteiger partial charge in [-0.1, -0.05) is 0 Å². The van der Waals surface area contributed by atoms with Crippen LogP contribution in [-0.2, 0) is 4.74 Å². The number of carbonyl (C=O) groups is 1. The van der Waals surface area contributed by atoms with Gasteiger partial charge in [0.25, 0.3) is 5.69 Å². The van der Waals surface area contributed by atoms with Crippen LogP contribution in [0.4, 0.5) is 16.3 Å². The molecular weight excluding hydrogens is 284 g/mol. The van der Waals surface area contributed by atoms with Gasteiger partial charge in [-0.05, 0) is 19.1 Å². The van der Waals surface area contributed by atoms with Gasteiger partial charge < -0.3 is 4.74 Å². The molecule has 0 bridgehead atoms. The van der Waals surface area contributed by atoms with E-state index in [1.807, 2.05) is 0 Å². The van der Waals surface area contributed by atoms with E-state index in [4.69, 9.17) is 4.74 Å². The van der Waals surface area contributed by atoms with Gasteiger partial charge in [0, 0.05) is 17.7 Å². The second kappa shape index (κ2) is 6.06. The fourth-order valence-electron chi connectivity index (χ4n) is 1.46. The Hall–Kier alpha value is -2.55. The number of hydrogen-bond acceptors (Lipinski definition) is 7. The van der Waals surface area contributed by atoms with E-state index in [0.29, 0.717) is 11.3 Å². The predicted octanol–water partition coefficient (Wildman–Crippen LogP) is 2.68. The summed E-state index contributed by atoms with van der Waals surface area (Å²) in [5.41, 5.74) is 1.05. The van der Waals surface area contributed by atoms with Gasteiger partial charge in [-0.15, -0.1) is 0 Å². The number of non-ortho nitro benzene ring substituents is 1. The van der Waals surface area contributed by atoms with E-state index >= 15 is 0 Å². The molecule has 1 aromatic heterocycles. The highest BCUT2D eigenvalue weighted by atomic mass is 32.1. The number of nitro groups is 1. The summed E-state index contributed by atoms with van der Waals surface area (Å²) in [6.07, 6.45) is -0.622. The Morgan fingerprint density at radius 2 is 2.10 bits per heavy atom. The molecular formula is C11H10N4O4S. The molecule has 0 saturated carbocycles. The first-order valence-electron chi connectivity index (χ1n) is 5.63. The average molecular weight is 294 g/mol. The predicted molar refractivity (Wildman–Crippen MR) is 72.6 cm³/mol. The van der Waals surface area contributed by atoms with Crippen molar-refractivity contribution in [2.24, 2.45) is 0 Å². The van der Waals surface area contributed by atoms with E-state index in [2.05, 4.69) is 14.1 Å². The molecule has 20 heavy (non-hydrogen) atoms. The normalized spacial score (nSPS) is 10.1. The molecule has 104 valence electrons. The molecule has 9 heteroatoms. The maximum atomic E-state index is 11.4. The highest BCUT2D eigenvalue weighted by Crippen LogP contribution is 2.27. The summed E-state index contributed by atoms with van der Waals surface area (Å²) in [7, 11) is 0. The van der Waals surface area contributed by atoms with E-state index < -0.39 is 11.0 Å². The maximum absolute atomic E-state index is 11.4. The molecule has 0 saturated heterocycles. The number of benzene rings is 1. The fourth-order valence-corrected chi connectivity index (χ4v) is 1.99. The fraction of sp³-hybridized carbons (Fsp3) is 0.182. The topological polar surface area (TPSA) is 107 Å². The third kappa shape index (κ3) is 3.06. The molecule has 2 aromatic rings. The first-order valence-corrected chi connectivity index (χ1v) is 6.36. The Labute approximate surface area is 117 Å². The molecule has 1 amide bonds. The highest BCUT2D eigenvalue weighted by Gasteiger charge is 2.15. The van der Waals surface area contributed by atoms with Crippen molar-refractivity contribution >= 4 is 29.3 Å². The van der Waals surface area contributed by atoms with Gasteiger partial charge in [0.2, 0.25) is 0 Å². The van der Waals surface area contributed by atoms with E-state index in [1.54, 1.807) is 19.1 Å². The first kappa shape index (κ1) is 13.9. The molecule has 0 unspecified atom stereocenters. The number of anilines is 1. The summed E-state index contributed by atoms with van der Waals surface area (Å²) in [6, 6.07) is 5.82. The number of nitro benzene ring substituents is 1. The molecule has 0 radical (unpaired) electrons. The number of nitrogens with one attached hydrogen (secondary N) is 1. The number of hydrogen-bond donors (Lipinski definition) is 1. The van der Waals surface area contributed by atoms with Crippen LogP contribution >= 0.6 is 11.7 Å². The van der Waals surface area contributed by atoms with Crippen LogP contribution in [0.1, 0.15) is 6.92 Å². The van der Waals surface area contributed by atoms with Crippen molar-refractivity contribution in [3.05, 3.63) is 34.4 Å². The Morgan fingerprint density at radius 3 is 2.70 bits per heavy atom. The summed E-state index contributed by atoms with van der Waals surface area (Å²) in [5, 5.41) is 13.1. The van der Waals surface area contributed by atoms with Crippen molar-refractivity contribution in [2.45, 2.75) is 6.92 Å². The van der Waals surface area contributed by atoms with E-state index in [-0.39, 0.29) is 18.1 Å². The lowest BCUT2D eigenvalue weighted by molar-refractivity contribution is -0.384. The van der Waals surface area contributed by atoms with Crippen molar-refractivity contribution in [3.63, 3.8) is 0 Å². The van der Waals surface area contributed by atoms with Gasteiger partial charge in [-0.3, -0.25) is 15.4 Å². The molecule has 0 aliphatic heterocycles. The summed E-state index contributed by atoms with van der Waals surface area (Å²) < 4.78 is 12.8. The number of amides is 1. The largest absolute Gasteiger partial charge is 0.450 e. The van der Waals surface area contributed by atoms with Crippen LogP contribution in [0.2, 0.25) is 0 Å². The second-order valence-electron chi connectivity index (χ2n) is 3.61. The van der Waals surface area contributed by atoms with E-state index in [0.717, 1.165) is 11.7 Å². The molecule has 1 N–H and O–H groups in total. The second-order valence-corrected chi connectivity index (χ2v) is 4.14. The molecule has 0 aliphatic carbocycles. The van der Waals surface area contributed by atoms with Crippen LogP contribution in [0, 0.1) is 10.1 Å². The van der Waals surface area contributed by atoms with Crippen LogP contribution in [-0.4, -0.2) is 26.4 Å². The van der Waals surface area contributed by atoms with Gasteiger partial charge in [0.1, 0.15) is 5.69 Å². The summed E-state index contributed by atoms with van der Waals surface area (Å²) in [4.78, 5) is 21.5. The van der Waals surface area contributed by atoms with Gasteiger partial charge in [0.15, 0.2) is 5.82 Å². The summed E-state index contributed by atoms with van der Waals surface area (Å²) in [5.74, 6) is 0.266. The van der Waals surface area contributed by atoms with E-state index in [1.165, 1.54) is 12.1 Å². The van der Waals surface area contributed by atoms with Crippen LogP contribution in [0.3, 0.4) is 0 Å². The summed E-state index contributed by atoms with van der Waals surface area (Å²) >= 11 is 0.927. The summed E-state index contributed by atoms with van der Waals surface area (Å²) in [6.45, 7) is 1.94. The zero-order valence-electron chi connectivity index (χ0n) is 10.4. The van der Waals surface area contributed by atoms with Crippen molar-refractivity contribution < 1.29 is 14.5 Å². The quantitative estimate of drug-likeness (QED) is 0.686. The van der Waals surface area contributed by atoms with Crippen molar-refractivity contribution in [1.82, 2.24) is 8.75 Å². The SMILES string of the molecule is CCOC(=O)Nc1nsnc1-c1ccc([N+](=O)[O-])cc1. The zero-order chi connectivity index (χ0) is 14.5. The Kier molecular flexibility index (Phi) is 4.20. The third-order valence-electron chi connectivity index (χ3n) is 2.34. The Balaban J connectivity index is 2.23. The number of aromatic nitrogens is 2. The monoisotopic (exact) mass is 294 g/mol. The molecule has 1 aromatic carbocycles. The molecule has 1 heterocycles. The molecule has 0 atom stereocenters. The van der Waals surface area contributed by atoms with Crippen LogP contribution in [0.15, 0.2) is 24.3 Å². The number of rotatable bonds is 4.